The van der Waals surface area contributed by atoms with Crippen molar-refractivity contribution < 1.29 is 19.4 Å². The van der Waals surface area contributed by atoms with Gasteiger partial charge in [-0.15, -0.1) is 0 Å². The summed E-state index contributed by atoms with van der Waals surface area (Å²) in [7, 11) is 1.65. The Morgan fingerprint density at radius 2 is 1.96 bits per heavy atom. The van der Waals surface area contributed by atoms with Crippen LogP contribution < -0.4 is 10.1 Å². The quantitative estimate of drug-likeness (QED) is 0.727. The van der Waals surface area contributed by atoms with Crippen molar-refractivity contribution in [3.63, 3.8) is 0 Å². The van der Waals surface area contributed by atoms with E-state index in [1.54, 1.807) is 7.11 Å². The monoisotopic (exact) mass is 369 g/mol. The summed E-state index contributed by atoms with van der Waals surface area (Å²) in [4.78, 5) is 11.4. The van der Waals surface area contributed by atoms with Crippen molar-refractivity contribution in [3.8, 4) is 16.9 Å². The van der Waals surface area contributed by atoms with Crippen molar-refractivity contribution >= 4 is 6.09 Å². The minimum absolute atomic E-state index is 0.130. The van der Waals surface area contributed by atoms with Crippen LogP contribution in [-0.2, 0) is 11.2 Å². The lowest BCUT2D eigenvalue weighted by molar-refractivity contribution is 0.146. The molecule has 2 aromatic rings. The maximum Gasteiger partial charge on any atom is 0.405 e. The summed E-state index contributed by atoms with van der Waals surface area (Å²) in [5.41, 5.74) is 4.25. The van der Waals surface area contributed by atoms with E-state index >= 15 is 0 Å². The first-order valence-electron chi connectivity index (χ1n) is 9.25. The Morgan fingerprint density at radius 3 is 2.70 bits per heavy atom. The molecular weight excluding hydrogens is 342 g/mol. The molecule has 1 amide bonds. The lowest BCUT2D eigenvalue weighted by Crippen LogP contribution is -2.40. The number of carbonyl (C=O) groups is 1. The Morgan fingerprint density at radius 1 is 1.19 bits per heavy atom. The van der Waals surface area contributed by atoms with Gasteiger partial charge in [0.1, 0.15) is 12.4 Å². The molecule has 5 heteroatoms. The fourth-order valence-electron chi connectivity index (χ4n) is 3.70. The highest BCUT2D eigenvalue weighted by molar-refractivity contribution is 5.69. The zero-order chi connectivity index (χ0) is 19.4. The number of aryl methyl sites for hydroxylation is 1. The van der Waals surface area contributed by atoms with Crippen molar-refractivity contribution in [1.82, 2.24) is 5.32 Å². The second kappa shape index (κ2) is 8.01. The van der Waals surface area contributed by atoms with Crippen LogP contribution >= 0.6 is 0 Å². The van der Waals surface area contributed by atoms with Crippen molar-refractivity contribution in [2.45, 2.75) is 32.7 Å². The number of hydrogen-bond donors (Lipinski definition) is 2. The van der Waals surface area contributed by atoms with Crippen molar-refractivity contribution in [2.75, 3.05) is 20.3 Å². The van der Waals surface area contributed by atoms with Gasteiger partial charge < -0.3 is 19.9 Å². The van der Waals surface area contributed by atoms with Gasteiger partial charge in [0.25, 0.3) is 0 Å². The lowest BCUT2D eigenvalue weighted by Gasteiger charge is -2.40. The number of ether oxygens (including phenoxy) is 2. The molecule has 144 valence electrons. The van der Waals surface area contributed by atoms with Crippen LogP contribution in [-0.4, -0.2) is 31.5 Å². The molecule has 0 fully saturated rings. The molecule has 2 N–H and O–H groups in total. The maximum absolute atomic E-state index is 11.4. The first kappa shape index (κ1) is 19.2. The average molecular weight is 369 g/mol. The van der Waals surface area contributed by atoms with Crippen molar-refractivity contribution in [1.29, 1.82) is 0 Å². The fourth-order valence-corrected chi connectivity index (χ4v) is 3.70. The van der Waals surface area contributed by atoms with Crippen LogP contribution in [0, 0.1) is 5.41 Å². The van der Waals surface area contributed by atoms with Gasteiger partial charge >= 0.3 is 6.09 Å². The molecule has 5 nitrogen and oxygen atoms in total. The molecule has 0 unspecified atom stereocenters. The summed E-state index contributed by atoms with van der Waals surface area (Å²) in [6.07, 6.45) is 0.924. The first-order chi connectivity index (χ1) is 12.9. The number of carboxylic acid groups (broad SMARTS) is 1. The number of benzene rings is 2. The Balaban J connectivity index is 1.93. The van der Waals surface area contributed by atoms with Gasteiger partial charge in [-0.1, -0.05) is 38.1 Å². The van der Waals surface area contributed by atoms with Crippen LogP contribution in [0.1, 0.15) is 37.4 Å². The zero-order valence-corrected chi connectivity index (χ0v) is 16.1. The third-order valence-electron chi connectivity index (χ3n) is 5.27. The Bertz CT molecular complexity index is 816. The van der Waals surface area contributed by atoms with E-state index in [-0.39, 0.29) is 11.5 Å². The number of fused-ring (bicyclic) bond motifs is 1. The third kappa shape index (κ3) is 4.42. The molecule has 1 atom stereocenters. The molecule has 0 saturated carbocycles. The van der Waals surface area contributed by atoms with Crippen LogP contribution in [0.2, 0.25) is 0 Å². The Labute approximate surface area is 160 Å². The van der Waals surface area contributed by atoms with E-state index < -0.39 is 6.09 Å². The molecular formula is C22H27NO4. The minimum Gasteiger partial charge on any atom is -0.491 e. The van der Waals surface area contributed by atoms with Crippen LogP contribution in [0.3, 0.4) is 0 Å². The number of rotatable bonds is 6. The van der Waals surface area contributed by atoms with Gasteiger partial charge in [-0.25, -0.2) is 4.79 Å². The van der Waals surface area contributed by atoms with Gasteiger partial charge in [0.2, 0.25) is 0 Å². The van der Waals surface area contributed by atoms with Gasteiger partial charge in [0, 0.05) is 7.11 Å². The van der Waals surface area contributed by atoms with E-state index in [1.807, 2.05) is 24.3 Å². The molecule has 27 heavy (non-hydrogen) atoms. The normalized spacial score (nSPS) is 17.8. The lowest BCUT2D eigenvalue weighted by atomic mass is 9.70. The van der Waals surface area contributed by atoms with E-state index in [4.69, 9.17) is 9.47 Å². The molecule has 3 rings (SSSR count). The fraction of sp³-hybridized carbons (Fsp3) is 0.409. The Hall–Kier alpha value is -2.53. The van der Waals surface area contributed by atoms with Crippen LogP contribution in [0.25, 0.3) is 11.1 Å². The molecule has 1 aliphatic rings. The van der Waals surface area contributed by atoms with E-state index in [2.05, 4.69) is 37.4 Å². The summed E-state index contributed by atoms with van der Waals surface area (Å²) in [5, 5.41) is 12.0. The SMILES string of the molecule is COCCOc1cccc(-c2ccc3c(c2)[C@@H](NC(=O)O)C(C)(C)CC3)c1. The molecule has 0 aromatic heterocycles. The maximum atomic E-state index is 11.4. The predicted molar refractivity (Wildman–Crippen MR) is 105 cm³/mol. The largest absolute Gasteiger partial charge is 0.491 e. The molecule has 0 spiro atoms. The number of nitrogens with one attached hydrogen (secondary N) is 1. The second-order valence-electron chi connectivity index (χ2n) is 7.65. The van der Waals surface area contributed by atoms with Crippen LogP contribution in [0.5, 0.6) is 5.75 Å². The summed E-state index contributed by atoms with van der Waals surface area (Å²) < 4.78 is 10.7. The number of methoxy groups -OCH3 is 1. The number of amides is 1. The second-order valence-corrected chi connectivity index (χ2v) is 7.65. The van der Waals surface area contributed by atoms with E-state index in [1.165, 1.54) is 5.56 Å². The highest BCUT2D eigenvalue weighted by atomic mass is 16.5. The van der Waals surface area contributed by atoms with Gasteiger partial charge in [-0.3, -0.25) is 0 Å². The van der Waals surface area contributed by atoms with E-state index in [0.717, 1.165) is 35.3 Å². The van der Waals surface area contributed by atoms with E-state index in [0.29, 0.717) is 13.2 Å². The van der Waals surface area contributed by atoms with Crippen LogP contribution in [0.15, 0.2) is 42.5 Å². The molecule has 0 saturated heterocycles. The topological polar surface area (TPSA) is 67.8 Å². The number of hydrogen-bond acceptors (Lipinski definition) is 3. The van der Waals surface area contributed by atoms with Crippen molar-refractivity contribution in [2.24, 2.45) is 5.41 Å². The summed E-state index contributed by atoms with van der Waals surface area (Å²) >= 11 is 0. The minimum atomic E-state index is -0.986. The molecule has 0 bridgehead atoms. The highest BCUT2D eigenvalue weighted by Crippen LogP contribution is 2.44. The highest BCUT2D eigenvalue weighted by Gasteiger charge is 2.37. The predicted octanol–water partition coefficient (Wildman–Crippen LogP) is 4.66. The van der Waals surface area contributed by atoms with Crippen LogP contribution in [0.4, 0.5) is 4.79 Å². The molecule has 2 aromatic carbocycles. The van der Waals surface area contributed by atoms with Crippen molar-refractivity contribution in [3.05, 3.63) is 53.6 Å². The first-order valence-corrected chi connectivity index (χ1v) is 9.25. The van der Waals surface area contributed by atoms with Gasteiger partial charge in [0.15, 0.2) is 0 Å². The summed E-state index contributed by atoms with van der Waals surface area (Å²) in [6.45, 7) is 5.28. The molecule has 0 heterocycles. The zero-order valence-electron chi connectivity index (χ0n) is 16.1. The molecule has 0 aliphatic heterocycles. The van der Waals surface area contributed by atoms with Gasteiger partial charge in [0.05, 0.1) is 12.6 Å². The standard InChI is InChI=1S/C22H27NO4/c1-22(2)10-9-15-7-8-17(14-19(15)20(22)23-21(24)25)16-5-4-6-18(13-16)27-12-11-26-3/h4-8,13-14,20,23H,9-12H2,1-3H3,(H,24,25)/t20-/m1/s1. The summed E-state index contributed by atoms with van der Waals surface area (Å²) in [6, 6.07) is 14.1. The summed E-state index contributed by atoms with van der Waals surface area (Å²) in [5.74, 6) is 0.794. The smallest absolute Gasteiger partial charge is 0.405 e. The van der Waals surface area contributed by atoms with E-state index in [9.17, 15) is 9.90 Å². The average Bonchev–Trinajstić information content (AvgIpc) is 2.64. The Kier molecular flexibility index (Phi) is 5.71. The molecule has 1 aliphatic carbocycles. The van der Waals surface area contributed by atoms with Gasteiger partial charge in [-0.05, 0) is 58.7 Å². The third-order valence-corrected chi connectivity index (χ3v) is 5.27. The molecule has 0 radical (unpaired) electrons. The van der Waals surface area contributed by atoms with Gasteiger partial charge in [-0.2, -0.15) is 0 Å².